The van der Waals surface area contributed by atoms with Crippen molar-refractivity contribution in [2.24, 2.45) is 0 Å². The smallest absolute Gasteiger partial charge is 0.0586 e. The molecule has 3 nitrogen and oxygen atoms in total. The maximum Gasteiger partial charge on any atom is 0.0586 e. The minimum atomic E-state index is 0.263. The first-order chi connectivity index (χ1) is 7.17. The SMILES string of the molecule is C=C(Cl)CN1CCN([C@H](CC)CO)CC1. The fourth-order valence-electron chi connectivity index (χ4n) is 2.03. The number of hydrogen-bond donors (Lipinski definition) is 1. The highest BCUT2D eigenvalue weighted by Gasteiger charge is 2.21. The zero-order chi connectivity index (χ0) is 11.3. The molecule has 15 heavy (non-hydrogen) atoms. The molecule has 0 spiro atoms. The van der Waals surface area contributed by atoms with E-state index in [1.54, 1.807) is 0 Å². The summed E-state index contributed by atoms with van der Waals surface area (Å²) in [5.41, 5.74) is 0. The number of halogens is 1. The molecule has 0 radical (unpaired) electrons. The van der Waals surface area contributed by atoms with Gasteiger partial charge in [-0.2, -0.15) is 0 Å². The minimum absolute atomic E-state index is 0.263. The van der Waals surface area contributed by atoms with Crippen molar-refractivity contribution in [1.29, 1.82) is 0 Å². The zero-order valence-electron chi connectivity index (χ0n) is 9.45. The van der Waals surface area contributed by atoms with E-state index in [-0.39, 0.29) is 6.61 Å². The molecule has 0 bridgehead atoms. The Hall–Kier alpha value is -0.0900. The molecule has 1 N–H and O–H groups in total. The third-order valence-corrected chi connectivity index (χ3v) is 3.12. The van der Waals surface area contributed by atoms with Crippen molar-refractivity contribution < 1.29 is 5.11 Å². The summed E-state index contributed by atoms with van der Waals surface area (Å²) >= 11 is 5.77. The lowest BCUT2D eigenvalue weighted by Gasteiger charge is -2.38. The molecule has 0 aromatic carbocycles. The van der Waals surface area contributed by atoms with Gasteiger partial charge in [-0.3, -0.25) is 9.80 Å². The second-order valence-corrected chi connectivity index (χ2v) is 4.61. The van der Waals surface area contributed by atoms with Crippen LogP contribution in [0.15, 0.2) is 11.6 Å². The van der Waals surface area contributed by atoms with E-state index in [0.29, 0.717) is 11.1 Å². The van der Waals surface area contributed by atoms with Gasteiger partial charge in [0, 0.05) is 43.8 Å². The average molecular weight is 233 g/mol. The lowest BCUT2D eigenvalue weighted by molar-refractivity contribution is 0.0677. The molecular weight excluding hydrogens is 212 g/mol. The Morgan fingerprint density at radius 1 is 1.40 bits per heavy atom. The molecule has 0 aromatic rings. The van der Waals surface area contributed by atoms with Crippen LogP contribution in [0.3, 0.4) is 0 Å². The third-order valence-electron chi connectivity index (χ3n) is 3.00. The summed E-state index contributed by atoms with van der Waals surface area (Å²) in [5.74, 6) is 0. The first-order valence-corrected chi connectivity index (χ1v) is 5.95. The van der Waals surface area contributed by atoms with E-state index in [2.05, 4.69) is 23.3 Å². The van der Waals surface area contributed by atoms with Crippen LogP contribution in [-0.2, 0) is 0 Å². The fraction of sp³-hybridized carbons (Fsp3) is 0.818. The van der Waals surface area contributed by atoms with Gasteiger partial charge in [-0.25, -0.2) is 0 Å². The van der Waals surface area contributed by atoms with E-state index < -0.39 is 0 Å². The number of aliphatic hydroxyl groups excluding tert-OH is 1. The van der Waals surface area contributed by atoms with Gasteiger partial charge >= 0.3 is 0 Å². The van der Waals surface area contributed by atoms with E-state index in [1.165, 1.54) is 0 Å². The largest absolute Gasteiger partial charge is 0.395 e. The molecule has 1 saturated heterocycles. The molecule has 1 atom stereocenters. The molecule has 0 unspecified atom stereocenters. The quantitative estimate of drug-likeness (QED) is 0.770. The van der Waals surface area contributed by atoms with Crippen molar-refractivity contribution in [3.63, 3.8) is 0 Å². The monoisotopic (exact) mass is 232 g/mol. The maximum atomic E-state index is 9.20. The van der Waals surface area contributed by atoms with Crippen LogP contribution in [0.5, 0.6) is 0 Å². The number of piperazine rings is 1. The second kappa shape index (κ2) is 6.48. The minimum Gasteiger partial charge on any atom is -0.395 e. The summed E-state index contributed by atoms with van der Waals surface area (Å²) in [6.45, 7) is 10.9. The molecule has 1 heterocycles. The highest BCUT2D eigenvalue weighted by molar-refractivity contribution is 6.29. The summed E-state index contributed by atoms with van der Waals surface area (Å²) in [4.78, 5) is 4.66. The highest BCUT2D eigenvalue weighted by Crippen LogP contribution is 2.10. The standard InChI is InChI=1S/C11H21ClN2O/c1-3-11(9-15)14-6-4-13(5-7-14)8-10(2)12/h11,15H,2-9H2,1H3/t11-/m1/s1. The van der Waals surface area contributed by atoms with Crippen molar-refractivity contribution in [1.82, 2.24) is 9.80 Å². The van der Waals surface area contributed by atoms with E-state index in [4.69, 9.17) is 11.6 Å². The van der Waals surface area contributed by atoms with Gasteiger partial charge in [0.15, 0.2) is 0 Å². The molecule has 1 aliphatic rings. The number of nitrogens with zero attached hydrogens (tertiary/aromatic N) is 2. The molecular formula is C11H21ClN2O. The van der Waals surface area contributed by atoms with Gasteiger partial charge in [0.2, 0.25) is 0 Å². The van der Waals surface area contributed by atoms with Crippen LogP contribution in [-0.4, -0.2) is 60.3 Å². The lowest BCUT2D eigenvalue weighted by atomic mass is 10.1. The summed E-state index contributed by atoms with van der Waals surface area (Å²) in [6, 6.07) is 0.325. The molecule has 0 aromatic heterocycles. The van der Waals surface area contributed by atoms with E-state index >= 15 is 0 Å². The highest BCUT2D eigenvalue weighted by atomic mass is 35.5. The van der Waals surface area contributed by atoms with Crippen molar-refractivity contribution >= 4 is 11.6 Å². The van der Waals surface area contributed by atoms with Crippen molar-refractivity contribution in [3.05, 3.63) is 11.6 Å². The van der Waals surface area contributed by atoms with Gasteiger partial charge in [0.1, 0.15) is 0 Å². The van der Waals surface area contributed by atoms with Crippen LogP contribution in [0.4, 0.5) is 0 Å². The third kappa shape index (κ3) is 4.11. The maximum absolute atomic E-state index is 9.20. The van der Waals surface area contributed by atoms with E-state index in [0.717, 1.165) is 39.1 Å². The summed E-state index contributed by atoms with van der Waals surface area (Å²) < 4.78 is 0. The van der Waals surface area contributed by atoms with Gasteiger partial charge in [-0.1, -0.05) is 25.1 Å². The zero-order valence-corrected chi connectivity index (χ0v) is 10.2. The first kappa shape index (κ1) is 13.0. The molecule has 4 heteroatoms. The van der Waals surface area contributed by atoms with Crippen LogP contribution < -0.4 is 0 Å². The predicted octanol–water partition coefficient (Wildman–Crippen LogP) is 1.13. The van der Waals surface area contributed by atoms with Crippen molar-refractivity contribution in [3.8, 4) is 0 Å². The Labute approximate surface area is 97.3 Å². The van der Waals surface area contributed by atoms with Crippen molar-refractivity contribution in [2.75, 3.05) is 39.3 Å². The Bertz CT molecular complexity index is 199. The Balaban J connectivity index is 2.31. The van der Waals surface area contributed by atoms with Gasteiger partial charge < -0.3 is 5.11 Å². The van der Waals surface area contributed by atoms with Crippen molar-refractivity contribution in [2.45, 2.75) is 19.4 Å². The van der Waals surface area contributed by atoms with Crippen LogP contribution in [0, 0.1) is 0 Å². The Morgan fingerprint density at radius 3 is 2.40 bits per heavy atom. The van der Waals surface area contributed by atoms with E-state index in [9.17, 15) is 5.11 Å². The Kier molecular flexibility index (Phi) is 5.61. The van der Waals surface area contributed by atoms with Crippen LogP contribution in [0.25, 0.3) is 0 Å². The normalized spacial score (nSPS) is 21.5. The molecule has 0 amide bonds. The van der Waals surface area contributed by atoms with Crippen LogP contribution in [0.1, 0.15) is 13.3 Å². The summed E-state index contributed by atoms with van der Waals surface area (Å²) in [6.07, 6.45) is 1.01. The number of rotatable bonds is 5. The number of aliphatic hydroxyl groups is 1. The van der Waals surface area contributed by atoms with E-state index in [1.807, 2.05) is 0 Å². The first-order valence-electron chi connectivity index (χ1n) is 5.58. The summed E-state index contributed by atoms with van der Waals surface area (Å²) in [7, 11) is 0. The van der Waals surface area contributed by atoms with Gasteiger partial charge in [-0.05, 0) is 6.42 Å². The molecule has 1 rings (SSSR count). The molecule has 1 aliphatic heterocycles. The summed E-state index contributed by atoms with van der Waals surface area (Å²) in [5, 5.41) is 9.91. The fourth-order valence-corrected chi connectivity index (χ4v) is 2.20. The number of hydrogen-bond acceptors (Lipinski definition) is 3. The van der Waals surface area contributed by atoms with Gasteiger partial charge in [0.25, 0.3) is 0 Å². The molecule has 1 fully saturated rings. The van der Waals surface area contributed by atoms with Crippen LogP contribution in [0.2, 0.25) is 0 Å². The topological polar surface area (TPSA) is 26.7 Å². The predicted molar refractivity (Wildman–Crippen MR) is 64.2 cm³/mol. The molecule has 0 aliphatic carbocycles. The van der Waals surface area contributed by atoms with Gasteiger partial charge in [0.05, 0.1) is 6.61 Å². The van der Waals surface area contributed by atoms with Crippen LogP contribution >= 0.6 is 11.6 Å². The van der Waals surface area contributed by atoms with Gasteiger partial charge in [-0.15, -0.1) is 0 Å². The Morgan fingerprint density at radius 2 is 2.00 bits per heavy atom. The average Bonchev–Trinajstić information content (AvgIpc) is 2.21. The second-order valence-electron chi connectivity index (χ2n) is 4.07. The molecule has 0 saturated carbocycles. The molecule has 88 valence electrons. The lowest BCUT2D eigenvalue weighted by Crippen LogP contribution is -2.51.